The van der Waals surface area contributed by atoms with Gasteiger partial charge in [-0.2, -0.15) is 0 Å². The van der Waals surface area contributed by atoms with Gasteiger partial charge in [-0.25, -0.2) is 4.79 Å². The molecule has 1 heterocycles. The number of aliphatic carboxylic acids is 1. The Balaban J connectivity index is 1.58. The van der Waals surface area contributed by atoms with Crippen LogP contribution in [-0.2, 0) is 38.4 Å². The zero-order valence-corrected chi connectivity index (χ0v) is 23.4. The maximum Gasteiger partial charge on any atom is 0.326 e. The molecule has 0 bridgehead atoms. The van der Waals surface area contributed by atoms with E-state index in [0.29, 0.717) is 0 Å². The highest BCUT2D eigenvalue weighted by molar-refractivity contribution is 5.95. The van der Waals surface area contributed by atoms with Crippen LogP contribution in [0.15, 0.2) is 91.1 Å². The molecule has 0 fully saturated rings. The molecule has 0 saturated carbocycles. The number of hydrogen-bond donors (Lipinski definition) is 7. The number of aromatic amines is 1. The Labute approximate surface area is 248 Å². The predicted molar refractivity (Wildman–Crippen MR) is 161 cm³/mol. The lowest BCUT2D eigenvalue weighted by Crippen LogP contribution is -2.58. The highest BCUT2D eigenvalue weighted by Gasteiger charge is 2.31. The summed E-state index contributed by atoms with van der Waals surface area (Å²) in [5, 5.41) is 28.0. The summed E-state index contributed by atoms with van der Waals surface area (Å²) in [6.07, 6.45) is 1.91. The van der Waals surface area contributed by atoms with Crippen LogP contribution in [0.3, 0.4) is 0 Å². The first-order valence-electron chi connectivity index (χ1n) is 13.9. The Kier molecular flexibility index (Phi) is 10.6. The molecule has 11 nitrogen and oxygen atoms in total. The van der Waals surface area contributed by atoms with Gasteiger partial charge in [0.05, 0.1) is 6.61 Å². The van der Waals surface area contributed by atoms with Crippen LogP contribution in [-0.4, -0.2) is 69.7 Å². The van der Waals surface area contributed by atoms with Crippen molar-refractivity contribution in [2.75, 3.05) is 6.61 Å². The summed E-state index contributed by atoms with van der Waals surface area (Å²) in [5.41, 5.74) is 8.75. The van der Waals surface area contributed by atoms with E-state index >= 15 is 0 Å². The van der Waals surface area contributed by atoms with Crippen LogP contribution in [0.4, 0.5) is 0 Å². The number of carboxylic acids is 1. The number of hydrogen-bond acceptors (Lipinski definition) is 6. The molecule has 8 N–H and O–H groups in total. The molecule has 0 aliphatic rings. The van der Waals surface area contributed by atoms with Gasteiger partial charge >= 0.3 is 5.97 Å². The van der Waals surface area contributed by atoms with E-state index < -0.39 is 54.5 Å². The van der Waals surface area contributed by atoms with Crippen molar-refractivity contribution in [3.05, 3.63) is 108 Å². The molecule has 3 amide bonds. The topological polar surface area (TPSA) is 187 Å². The van der Waals surface area contributed by atoms with E-state index in [9.17, 15) is 29.4 Å². The molecule has 4 rings (SSSR count). The van der Waals surface area contributed by atoms with Crippen LogP contribution >= 0.6 is 0 Å². The van der Waals surface area contributed by atoms with Crippen molar-refractivity contribution < 1.29 is 29.4 Å². The second-order valence-corrected chi connectivity index (χ2v) is 10.3. The van der Waals surface area contributed by atoms with E-state index in [1.54, 1.807) is 54.7 Å². The van der Waals surface area contributed by atoms with Gasteiger partial charge in [0.1, 0.15) is 24.2 Å². The third-order valence-corrected chi connectivity index (χ3v) is 7.08. The smallest absolute Gasteiger partial charge is 0.326 e. The number of nitrogens with two attached hydrogens (primary N) is 1. The molecule has 43 heavy (non-hydrogen) atoms. The molecule has 224 valence electrons. The minimum absolute atomic E-state index is 0.0478. The second kappa shape index (κ2) is 14.8. The van der Waals surface area contributed by atoms with Crippen molar-refractivity contribution in [1.29, 1.82) is 0 Å². The number of H-pyrrole nitrogens is 1. The van der Waals surface area contributed by atoms with E-state index in [0.717, 1.165) is 27.6 Å². The first-order chi connectivity index (χ1) is 20.7. The average Bonchev–Trinajstić information content (AvgIpc) is 3.43. The lowest BCUT2D eigenvalue weighted by molar-refractivity contribution is -0.142. The summed E-state index contributed by atoms with van der Waals surface area (Å²) in [5.74, 6) is -3.32. The number of rotatable bonds is 14. The minimum atomic E-state index is -1.25. The summed E-state index contributed by atoms with van der Waals surface area (Å²) in [6.45, 7) is -0.621. The summed E-state index contributed by atoms with van der Waals surface area (Å²) >= 11 is 0. The number of amides is 3. The number of para-hydroxylation sites is 1. The highest BCUT2D eigenvalue weighted by atomic mass is 16.4. The number of carbonyl (C=O) groups excluding carboxylic acids is 3. The quantitative estimate of drug-likeness (QED) is 0.115. The maximum absolute atomic E-state index is 13.7. The Morgan fingerprint density at radius 3 is 1.74 bits per heavy atom. The average molecular weight is 586 g/mol. The first kappa shape index (κ1) is 30.9. The van der Waals surface area contributed by atoms with Crippen molar-refractivity contribution in [2.24, 2.45) is 5.73 Å². The third-order valence-electron chi connectivity index (χ3n) is 7.08. The molecular weight excluding hydrogens is 550 g/mol. The number of carboxylic acid groups (broad SMARTS) is 1. The predicted octanol–water partition coefficient (Wildman–Crippen LogP) is 1.05. The molecule has 0 radical (unpaired) electrons. The summed E-state index contributed by atoms with van der Waals surface area (Å²) in [4.78, 5) is 55.1. The van der Waals surface area contributed by atoms with Gasteiger partial charge in [-0.1, -0.05) is 78.9 Å². The molecule has 4 atom stereocenters. The molecule has 0 spiro atoms. The highest BCUT2D eigenvalue weighted by Crippen LogP contribution is 2.19. The van der Waals surface area contributed by atoms with Gasteiger partial charge in [0.25, 0.3) is 0 Å². The summed E-state index contributed by atoms with van der Waals surface area (Å²) < 4.78 is 0. The molecule has 3 aromatic carbocycles. The lowest BCUT2D eigenvalue weighted by atomic mass is 10.0. The van der Waals surface area contributed by atoms with Crippen molar-refractivity contribution in [2.45, 2.75) is 43.4 Å². The van der Waals surface area contributed by atoms with Gasteiger partial charge < -0.3 is 36.9 Å². The van der Waals surface area contributed by atoms with Gasteiger partial charge in [0.2, 0.25) is 17.7 Å². The van der Waals surface area contributed by atoms with Crippen LogP contribution in [0.2, 0.25) is 0 Å². The van der Waals surface area contributed by atoms with Crippen molar-refractivity contribution in [1.82, 2.24) is 20.9 Å². The normalized spacial score (nSPS) is 13.8. The van der Waals surface area contributed by atoms with E-state index in [-0.39, 0.29) is 19.3 Å². The van der Waals surface area contributed by atoms with Crippen molar-refractivity contribution >= 4 is 34.6 Å². The number of nitrogens with one attached hydrogen (secondary N) is 4. The third kappa shape index (κ3) is 8.51. The van der Waals surface area contributed by atoms with E-state index in [4.69, 9.17) is 5.73 Å². The fourth-order valence-electron chi connectivity index (χ4n) is 4.74. The van der Waals surface area contributed by atoms with Crippen molar-refractivity contribution in [3.8, 4) is 0 Å². The number of benzene rings is 3. The molecule has 11 heteroatoms. The summed E-state index contributed by atoms with van der Waals surface area (Å²) in [7, 11) is 0. The van der Waals surface area contributed by atoms with Gasteiger partial charge in [0, 0.05) is 36.4 Å². The molecule has 0 saturated heterocycles. The number of carbonyl (C=O) groups is 4. The Bertz CT molecular complexity index is 1540. The lowest BCUT2D eigenvalue weighted by Gasteiger charge is -2.25. The number of aliphatic hydroxyl groups excluding tert-OH is 1. The van der Waals surface area contributed by atoms with Crippen LogP contribution < -0.4 is 21.7 Å². The van der Waals surface area contributed by atoms with E-state index in [1.165, 1.54) is 0 Å². The van der Waals surface area contributed by atoms with Crippen LogP contribution in [0, 0.1) is 0 Å². The number of fused-ring (bicyclic) bond motifs is 1. The standard InChI is InChI=1S/C32H35N5O6/c33-24(19-38)29(39)35-27(17-22-18-34-25-14-8-7-13-23(22)25)31(41)36-26(15-20-9-3-1-4-10-20)30(40)37-28(32(42)43)16-21-11-5-2-6-12-21/h1-14,18,24,26-28,34,38H,15-17,19,33H2,(H,35,39)(H,36,41)(H,37,40)(H,42,43). The SMILES string of the molecule is NC(CO)C(=O)NC(Cc1c[nH]c2ccccc12)C(=O)NC(Cc1ccccc1)C(=O)NC(Cc1ccccc1)C(=O)O. The van der Waals surface area contributed by atoms with Crippen LogP contribution in [0.5, 0.6) is 0 Å². The van der Waals surface area contributed by atoms with E-state index in [2.05, 4.69) is 20.9 Å². The van der Waals surface area contributed by atoms with Crippen LogP contribution in [0.1, 0.15) is 16.7 Å². The molecule has 4 aromatic rings. The van der Waals surface area contributed by atoms with Gasteiger partial charge in [0.15, 0.2) is 0 Å². The molecule has 4 unspecified atom stereocenters. The Morgan fingerprint density at radius 2 is 1.16 bits per heavy atom. The molecule has 0 aliphatic heterocycles. The maximum atomic E-state index is 13.7. The van der Waals surface area contributed by atoms with Gasteiger partial charge in [-0.05, 0) is 22.8 Å². The fourth-order valence-corrected chi connectivity index (χ4v) is 4.74. The fraction of sp³-hybridized carbons (Fsp3) is 0.250. The monoisotopic (exact) mass is 585 g/mol. The summed E-state index contributed by atoms with van der Waals surface area (Å²) in [6, 6.07) is 20.5. The molecular formula is C32H35N5O6. The molecule has 0 aliphatic carbocycles. The first-order valence-corrected chi connectivity index (χ1v) is 13.9. The number of aromatic nitrogens is 1. The Morgan fingerprint density at radius 1 is 0.674 bits per heavy atom. The minimum Gasteiger partial charge on any atom is -0.480 e. The van der Waals surface area contributed by atoms with Crippen molar-refractivity contribution in [3.63, 3.8) is 0 Å². The number of aliphatic hydroxyl groups is 1. The van der Waals surface area contributed by atoms with E-state index in [1.807, 2.05) is 36.4 Å². The molecule has 1 aromatic heterocycles. The zero-order chi connectivity index (χ0) is 30.8. The van der Waals surface area contributed by atoms with Gasteiger partial charge in [-0.3, -0.25) is 14.4 Å². The van der Waals surface area contributed by atoms with Gasteiger partial charge in [-0.15, -0.1) is 0 Å². The van der Waals surface area contributed by atoms with Crippen LogP contribution in [0.25, 0.3) is 10.9 Å². The largest absolute Gasteiger partial charge is 0.480 e. The Hall–Kier alpha value is -5.00. The zero-order valence-electron chi connectivity index (χ0n) is 23.4. The second-order valence-electron chi connectivity index (χ2n) is 10.3.